The Bertz CT molecular complexity index is 688. The summed E-state index contributed by atoms with van der Waals surface area (Å²) in [5, 5.41) is 0.491. The summed E-state index contributed by atoms with van der Waals surface area (Å²) < 4.78 is 10.1. The molecule has 1 N–H and O–H groups in total. The van der Waals surface area contributed by atoms with E-state index in [-0.39, 0.29) is 17.7 Å². The van der Waals surface area contributed by atoms with Crippen LogP contribution in [0.2, 0.25) is 0 Å². The fourth-order valence-electron chi connectivity index (χ4n) is 1.96. The summed E-state index contributed by atoms with van der Waals surface area (Å²) in [6.45, 7) is 3.57. The van der Waals surface area contributed by atoms with E-state index >= 15 is 0 Å². The predicted octanol–water partition coefficient (Wildman–Crippen LogP) is 2.02. The van der Waals surface area contributed by atoms with Crippen molar-refractivity contribution in [2.24, 2.45) is 0 Å². The number of aromatic nitrogens is 1. The maximum atomic E-state index is 12.2. The summed E-state index contributed by atoms with van der Waals surface area (Å²) in [4.78, 5) is 27.0. The summed E-state index contributed by atoms with van der Waals surface area (Å²) in [5.74, 6) is -0.0231. The molecule has 0 fully saturated rings. The molecule has 5 nitrogen and oxygen atoms in total. The van der Waals surface area contributed by atoms with Crippen LogP contribution in [0.5, 0.6) is 5.75 Å². The number of carbonyl (C=O) groups excluding carboxylic acids is 1. The number of rotatable bonds is 3. The van der Waals surface area contributed by atoms with Crippen molar-refractivity contribution in [3.8, 4) is 5.75 Å². The minimum absolute atomic E-state index is 0.170. The molecule has 0 atom stereocenters. The molecule has 0 bridgehead atoms. The number of ether oxygens (including phenoxy) is 2. The van der Waals surface area contributed by atoms with Crippen molar-refractivity contribution in [3.05, 3.63) is 39.7 Å². The van der Waals surface area contributed by atoms with Gasteiger partial charge in [-0.25, -0.2) is 4.79 Å². The number of hydrogen-bond donors (Lipinski definition) is 1. The highest BCUT2D eigenvalue weighted by molar-refractivity contribution is 5.94. The van der Waals surface area contributed by atoms with Crippen molar-refractivity contribution in [1.82, 2.24) is 4.98 Å². The topological polar surface area (TPSA) is 68.4 Å². The minimum atomic E-state index is -0.537. The van der Waals surface area contributed by atoms with E-state index in [2.05, 4.69) is 4.98 Å². The number of aromatic amines is 1. The lowest BCUT2D eigenvalue weighted by Crippen LogP contribution is -2.17. The van der Waals surface area contributed by atoms with E-state index in [1.807, 2.05) is 0 Å². The first-order valence-electron chi connectivity index (χ1n) is 5.96. The van der Waals surface area contributed by atoms with Crippen molar-refractivity contribution in [2.45, 2.75) is 13.8 Å². The first-order chi connectivity index (χ1) is 9.10. The number of benzene rings is 1. The summed E-state index contributed by atoms with van der Waals surface area (Å²) in [6, 6.07) is 5.15. The van der Waals surface area contributed by atoms with Gasteiger partial charge < -0.3 is 14.5 Å². The average molecular weight is 261 g/mol. The number of H-pyrrole nitrogens is 1. The number of para-hydroxylation sites is 1. The molecule has 5 heteroatoms. The number of carbonyl (C=O) groups is 1. The third kappa shape index (κ3) is 2.19. The van der Waals surface area contributed by atoms with Crippen molar-refractivity contribution < 1.29 is 14.3 Å². The molecule has 2 aromatic rings. The maximum absolute atomic E-state index is 12.2. The molecule has 2 rings (SSSR count). The predicted molar refractivity (Wildman–Crippen MR) is 71.8 cm³/mol. The molecule has 0 radical (unpaired) electrons. The Hall–Kier alpha value is -2.30. The summed E-state index contributed by atoms with van der Waals surface area (Å²) in [6.07, 6.45) is 0. The molecule has 0 aliphatic carbocycles. The van der Waals surface area contributed by atoms with Crippen molar-refractivity contribution in [1.29, 1.82) is 0 Å². The van der Waals surface area contributed by atoms with Crippen LogP contribution in [0, 0.1) is 6.92 Å². The second kappa shape index (κ2) is 5.14. The Balaban J connectivity index is 2.77. The van der Waals surface area contributed by atoms with Crippen LogP contribution in [0.4, 0.5) is 0 Å². The normalized spacial score (nSPS) is 10.5. The maximum Gasteiger partial charge on any atom is 0.355 e. The molecule has 0 unspecified atom stereocenters. The lowest BCUT2D eigenvalue weighted by Gasteiger charge is -2.10. The number of hydrogen-bond acceptors (Lipinski definition) is 4. The second-order valence-electron chi connectivity index (χ2n) is 4.06. The van der Waals surface area contributed by atoms with Crippen LogP contribution in [-0.2, 0) is 4.74 Å². The van der Waals surface area contributed by atoms with Gasteiger partial charge in [0.15, 0.2) is 5.43 Å². The summed E-state index contributed by atoms with van der Waals surface area (Å²) in [7, 11) is 1.51. The Morgan fingerprint density at radius 3 is 2.74 bits per heavy atom. The molecule has 0 saturated carbocycles. The van der Waals surface area contributed by atoms with Gasteiger partial charge in [0.1, 0.15) is 11.4 Å². The first kappa shape index (κ1) is 13.1. The van der Waals surface area contributed by atoms with Crippen LogP contribution in [0.3, 0.4) is 0 Å². The van der Waals surface area contributed by atoms with Crippen LogP contribution >= 0.6 is 0 Å². The van der Waals surface area contributed by atoms with Gasteiger partial charge in [0, 0.05) is 10.9 Å². The Morgan fingerprint density at radius 2 is 2.11 bits per heavy atom. The van der Waals surface area contributed by atoms with E-state index in [0.717, 1.165) is 0 Å². The third-order valence-corrected chi connectivity index (χ3v) is 2.94. The number of fused-ring (bicyclic) bond motifs is 1. The Labute approximate surface area is 110 Å². The van der Waals surface area contributed by atoms with E-state index in [1.54, 1.807) is 32.0 Å². The third-order valence-electron chi connectivity index (χ3n) is 2.94. The standard InChI is InChI=1S/C14H15NO4/c1-4-19-14(17)11-8(2)13(16)9-6-5-7-10(18-3)12(9)15-11/h5-7H,4H2,1-3H3,(H,15,16). The van der Waals surface area contributed by atoms with E-state index in [9.17, 15) is 9.59 Å². The fraction of sp³-hybridized carbons (Fsp3) is 0.286. The zero-order valence-corrected chi connectivity index (χ0v) is 11.1. The molecular formula is C14H15NO4. The number of esters is 1. The lowest BCUT2D eigenvalue weighted by molar-refractivity contribution is 0.0519. The molecular weight excluding hydrogens is 246 g/mol. The minimum Gasteiger partial charge on any atom is -0.495 e. The Morgan fingerprint density at radius 1 is 1.37 bits per heavy atom. The van der Waals surface area contributed by atoms with Crippen LogP contribution in [0.25, 0.3) is 10.9 Å². The SMILES string of the molecule is CCOC(=O)c1[nH]c2c(OC)cccc2c(=O)c1C. The van der Waals surface area contributed by atoms with Gasteiger partial charge in [-0.3, -0.25) is 4.79 Å². The van der Waals surface area contributed by atoms with Crippen molar-refractivity contribution in [2.75, 3.05) is 13.7 Å². The zero-order valence-electron chi connectivity index (χ0n) is 11.1. The highest BCUT2D eigenvalue weighted by Gasteiger charge is 2.17. The molecule has 0 amide bonds. The summed E-state index contributed by atoms with van der Waals surface area (Å²) in [5.41, 5.74) is 0.822. The van der Waals surface area contributed by atoms with Gasteiger partial charge in [0.25, 0.3) is 0 Å². The zero-order chi connectivity index (χ0) is 14.0. The molecule has 1 aromatic heterocycles. The molecule has 0 saturated heterocycles. The quantitative estimate of drug-likeness (QED) is 0.858. The van der Waals surface area contributed by atoms with Gasteiger partial charge >= 0.3 is 5.97 Å². The van der Waals surface area contributed by atoms with E-state index < -0.39 is 5.97 Å². The average Bonchev–Trinajstić information content (AvgIpc) is 2.42. The van der Waals surface area contributed by atoms with Crippen LogP contribution < -0.4 is 10.2 Å². The molecule has 19 heavy (non-hydrogen) atoms. The monoisotopic (exact) mass is 261 g/mol. The van der Waals surface area contributed by atoms with Crippen molar-refractivity contribution in [3.63, 3.8) is 0 Å². The second-order valence-corrected chi connectivity index (χ2v) is 4.06. The van der Waals surface area contributed by atoms with E-state index in [4.69, 9.17) is 9.47 Å². The molecule has 0 spiro atoms. The first-order valence-corrected chi connectivity index (χ1v) is 5.96. The highest BCUT2D eigenvalue weighted by atomic mass is 16.5. The fourth-order valence-corrected chi connectivity index (χ4v) is 1.96. The largest absolute Gasteiger partial charge is 0.495 e. The Kier molecular flexibility index (Phi) is 3.55. The van der Waals surface area contributed by atoms with Gasteiger partial charge in [-0.1, -0.05) is 6.07 Å². The van der Waals surface area contributed by atoms with Gasteiger partial charge in [-0.15, -0.1) is 0 Å². The molecule has 0 aliphatic rings. The molecule has 1 aromatic carbocycles. The van der Waals surface area contributed by atoms with Gasteiger partial charge in [-0.05, 0) is 26.0 Å². The molecule has 100 valence electrons. The van der Waals surface area contributed by atoms with Crippen LogP contribution in [0.15, 0.2) is 23.0 Å². The van der Waals surface area contributed by atoms with Gasteiger partial charge in [-0.2, -0.15) is 0 Å². The van der Waals surface area contributed by atoms with Gasteiger partial charge in [0.2, 0.25) is 0 Å². The number of pyridine rings is 1. The molecule has 1 heterocycles. The van der Waals surface area contributed by atoms with E-state index in [1.165, 1.54) is 7.11 Å². The smallest absolute Gasteiger partial charge is 0.355 e. The van der Waals surface area contributed by atoms with Crippen LogP contribution in [-0.4, -0.2) is 24.7 Å². The number of nitrogens with one attached hydrogen (secondary N) is 1. The highest BCUT2D eigenvalue weighted by Crippen LogP contribution is 2.22. The summed E-state index contributed by atoms with van der Waals surface area (Å²) >= 11 is 0. The van der Waals surface area contributed by atoms with Crippen LogP contribution in [0.1, 0.15) is 23.0 Å². The van der Waals surface area contributed by atoms with Crippen molar-refractivity contribution >= 4 is 16.9 Å². The van der Waals surface area contributed by atoms with E-state index in [0.29, 0.717) is 22.2 Å². The van der Waals surface area contributed by atoms with Gasteiger partial charge in [0.05, 0.1) is 19.2 Å². The lowest BCUT2D eigenvalue weighted by atomic mass is 10.1. The number of methoxy groups -OCH3 is 1. The molecule has 0 aliphatic heterocycles.